The van der Waals surface area contributed by atoms with E-state index in [1.54, 1.807) is 0 Å². The van der Waals surface area contributed by atoms with Crippen molar-refractivity contribution in [1.82, 2.24) is 30.3 Å². The van der Waals surface area contributed by atoms with Crippen LogP contribution in [-0.4, -0.2) is 30.9 Å². The Hall–Kier alpha value is -3.89. The number of nitrogens with zero attached hydrogens (tertiary/aromatic N) is 5. The highest BCUT2D eigenvalue weighted by molar-refractivity contribution is 5.95. The molecule has 1 aromatic carbocycles. The van der Waals surface area contributed by atoms with E-state index in [0.29, 0.717) is 5.65 Å². The van der Waals surface area contributed by atoms with Gasteiger partial charge in [0.1, 0.15) is 11.5 Å². The molecule has 0 radical (unpaired) electrons. The molecular formula is C19H12F4N6O. The SMILES string of the molecule is O=C(NC(c1ccc(C(F)(F)F)cc1)c1ncccc1F)c1ccn2nnnc2c1. The van der Waals surface area contributed by atoms with Crippen LogP contribution < -0.4 is 5.32 Å². The van der Waals surface area contributed by atoms with Crippen molar-refractivity contribution >= 4 is 11.6 Å². The molecular weight excluding hydrogens is 404 g/mol. The molecule has 0 spiro atoms. The quantitative estimate of drug-likeness (QED) is 0.517. The Balaban J connectivity index is 1.70. The van der Waals surface area contributed by atoms with Crippen LogP contribution in [0.3, 0.4) is 0 Å². The van der Waals surface area contributed by atoms with Crippen molar-refractivity contribution in [2.45, 2.75) is 12.2 Å². The molecule has 7 nitrogen and oxygen atoms in total. The highest BCUT2D eigenvalue weighted by Crippen LogP contribution is 2.31. The van der Waals surface area contributed by atoms with Crippen LogP contribution in [0.5, 0.6) is 0 Å². The summed E-state index contributed by atoms with van der Waals surface area (Å²) in [6, 6.07) is 8.36. The molecule has 1 N–H and O–H groups in total. The lowest BCUT2D eigenvalue weighted by molar-refractivity contribution is -0.137. The third kappa shape index (κ3) is 3.81. The number of carbonyl (C=O) groups excluding carboxylic acids is 1. The van der Waals surface area contributed by atoms with E-state index in [1.807, 2.05) is 0 Å². The number of alkyl halides is 3. The zero-order valence-electron chi connectivity index (χ0n) is 15.0. The maximum atomic E-state index is 14.4. The van der Waals surface area contributed by atoms with Gasteiger partial charge in [0.2, 0.25) is 0 Å². The predicted molar refractivity (Wildman–Crippen MR) is 95.7 cm³/mol. The number of aromatic nitrogens is 5. The Morgan fingerprint density at radius 2 is 1.87 bits per heavy atom. The van der Waals surface area contributed by atoms with Crippen molar-refractivity contribution in [3.05, 3.63) is 89.1 Å². The van der Waals surface area contributed by atoms with E-state index in [1.165, 1.54) is 47.2 Å². The summed E-state index contributed by atoms with van der Waals surface area (Å²) in [6.45, 7) is 0. The summed E-state index contributed by atoms with van der Waals surface area (Å²) in [5, 5.41) is 13.5. The highest BCUT2D eigenvalue weighted by Gasteiger charge is 2.31. The van der Waals surface area contributed by atoms with Crippen molar-refractivity contribution in [2.24, 2.45) is 0 Å². The number of carbonyl (C=O) groups is 1. The molecule has 4 rings (SSSR count). The Morgan fingerprint density at radius 1 is 1.10 bits per heavy atom. The number of hydrogen-bond donors (Lipinski definition) is 1. The fourth-order valence-corrected chi connectivity index (χ4v) is 2.88. The molecule has 0 aliphatic carbocycles. The van der Waals surface area contributed by atoms with Gasteiger partial charge in [-0.1, -0.05) is 12.1 Å². The maximum Gasteiger partial charge on any atom is 0.416 e. The van der Waals surface area contributed by atoms with Crippen molar-refractivity contribution in [1.29, 1.82) is 0 Å². The van der Waals surface area contributed by atoms with Gasteiger partial charge in [0.25, 0.3) is 5.91 Å². The predicted octanol–water partition coefficient (Wildman–Crippen LogP) is 3.20. The number of amides is 1. The lowest BCUT2D eigenvalue weighted by Crippen LogP contribution is -2.30. The molecule has 3 heterocycles. The zero-order chi connectivity index (χ0) is 21.3. The minimum Gasteiger partial charge on any atom is -0.339 e. The van der Waals surface area contributed by atoms with Gasteiger partial charge in [0, 0.05) is 18.0 Å². The number of tetrazole rings is 1. The second-order valence-corrected chi connectivity index (χ2v) is 6.29. The Labute approximate surface area is 166 Å². The van der Waals surface area contributed by atoms with Crippen LogP contribution in [0.2, 0.25) is 0 Å². The maximum absolute atomic E-state index is 14.4. The molecule has 30 heavy (non-hydrogen) atoms. The summed E-state index contributed by atoms with van der Waals surface area (Å²) in [6.07, 6.45) is -1.72. The number of rotatable bonds is 4. The van der Waals surface area contributed by atoms with Crippen LogP contribution in [0.1, 0.15) is 33.2 Å². The van der Waals surface area contributed by atoms with E-state index in [-0.39, 0.29) is 16.8 Å². The second-order valence-electron chi connectivity index (χ2n) is 6.29. The molecule has 1 atom stereocenters. The van der Waals surface area contributed by atoms with Gasteiger partial charge in [0.15, 0.2) is 5.65 Å². The number of hydrogen-bond acceptors (Lipinski definition) is 5. The van der Waals surface area contributed by atoms with Gasteiger partial charge in [-0.2, -0.15) is 13.2 Å². The average molecular weight is 416 g/mol. The number of fused-ring (bicyclic) bond motifs is 1. The first kappa shape index (κ1) is 19.4. The van der Waals surface area contributed by atoms with Crippen molar-refractivity contribution in [3.63, 3.8) is 0 Å². The van der Waals surface area contributed by atoms with Gasteiger partial charge >= 0.3 is 6.18 Å². The topological polar surface area (TPSA) is 85.1 Å². The molecule has 11 heteroatoms. The monoisotopic (exact) mass is 416 g/mol. The molecule has 1 amide bonds. The third-order valence-electron chi connectivity index (χ3n) is 4.37. The molecule has 4 aromatic rings. The number of pyridine rings is 2. The molecule has 0 aliphatic rings. The van der Waals surface area contributed by atoms with Gasteiger partial charge in [0.05, 0.1) is 11.6 Å². The Bertz CT molecular complexity index is 1210. The second kappa shape index (κ2) is 7.50. The molecule has 152 valence electrons. The molecule has 1 unspecified atom stereocenters. The summed E-state index contributed by atoms with van der Waals surface area (Å²) in [5.74, 6) is -1.31. The number of halogens is 4. The molecule has 0 bridgehead atoms. The van der Waals surface area contributed by atoms with Crippen molar-refractivity contribution in [3.8, 4) is 0 Å². The van der Waals surface area contributed by atoms with Crippen molar-refractivity contribution in [2.75, 3.05) is 0 Å². The summed E-state index contributed by atoms with van der Waals surface area (Å²) in [4.78, 5) is 16.8. The largest absolute Gasteiger partial charge is 0.416 e. The Kier molecular flexibility index (Phi) is 4.86. The van der Waals surface area contributed by atoms with Gasteiger partial charge in [-0.3, -0.25) is 9.78 Å². The van der Waals surface area contributed by atoms with E-state index in [2.05, 4.69) is 25.8 Å². The minimum atomic E-state index is -4.52. The highest BCUT2D eigenvalue weighted by atomic mass is 19.4. The zero-order valence-corrected chi connectivity index (χ0v) is 15.0. The molecule has 3 aromatic heterocycles. The van der Waals surface area contributed by atoms with Gasteiger partial charge < -0.3 is 5.32 Å². The first-order chi connectivity index (χ1) is 14.3. The standard InChI is InChI=1S/C19H12F4N6O/c20-14-2-1-8-24-17(14)16(11-3-5-13(6-4-11)19(21,22)23)25-18(30)12-7-9-29-15(10-12)26-27-28-29/h1-10,16H,(H,25,30). The van der Waals surface area contributed by atoms with E-state index in [9.17, 15) is 22.4 Å². The van der Waals surface area contributed by atoms with Gasteiger partial charge in [-0.15, -0.1) is 5.10 Å². The summed E-state index contributed by atoms with van der Waals surface area (Å²) < 4.78 is 54.4. The van der Waals surface area contributed by atoms with Crippen LogP contribution in [0.4, 0.5) is 17.6 Å². The van der Waals surface area contributed by atoms with Crippen LogP contribution >= 0.6 is 0 Å². The average Bonchev–Trinajstić information content (AvgIpc) is 3.20. The smallest absolute Gasteiger partial charge is 0.339 e. The van der Waals surface area contributed by atoms with Crippen LogP contribution in [0, 0.1) is 5.82 Å². The molecule has 0 fully saturated rings. The van der Waals surface area contributed by atoms with Crippen molar-refractivity contribution < 1.29 is 22.4 Å². The van der Waals surface area contributed by atoms with Gasteiger partial charge in [-0.25, -0.2) is 8.91 Å². The number of benzene rings is 1. The van der Waals surface area contributed by atoms with E-state index < -0.39 is 29.5 Å². The van der Waals surface area contributed by atoms with E-state index in [4.69, 9.17) is 0 Å². The summed E-state index contributed by atoms with van der Waals surface area (Å²) in [5.41, 5.74) is -0.249. The van der Waals surface area contributed by atoms with E-state index in [0.717, 1.165) is 18.2 Å². The molecule has 0 aliphatic heterocycles. The van der Waals surface area contributed by atoms with Gasteiger partial charge in [-0.05, 0) is 52.4 Å². The fraction of sp³-hybridized carbons (Fsp3) is 0.105. The lowest BCUT2D eigenvalue weighted by atomic mass is 10.0. The molecule has 0 saturated heterocycles. The number of nitrogens with one attached hydrogen (secondary N) is 1. The molecule has 0 saturated carbocycles. The fourth-order valence-electron chi connectivity index (χ4n) is 2.88. The van der Waals surface area contributed by atoms with Crippen LogP contribution in [-0.2, 0) is 6.18 Å². The minimum absolute atomic E-state index is 0.129. The first-order valence-corrected chi connectivity index (χ1v) is 8.59. The summed E-state index contributed by atoms with van der Waals surface area (Å²) in [7, 11) is 0. The van der Waals surface area contributed by atoms with Crippen LogP contribution in [0.15, 0.2) is 60.9 Å². The lowest BCUT2D eigenvalue weighted by Gasteiger charge is -2.20. The first-order valence-electron chi connectivity index (χ1n) is 8.59. The van der Waals surface area contributed by atoms with E-state index >= 15 is 0 Å². The third-order valence-corrected chi connectivity index (χ3v) is 4.37. The Morgan fingerprint density at radius 3 is 2.57 bits per heavy atom. The summed E-state index contributed by atoms with van der Waals surface area (Å²) >= 11 is 0. The van der Waals surface area contributed by atoms with Crippen LogP contribution in [0.25, 0.3) is 5.65 Å². The normalized spacial score (nSPS) is 12.7.